The second kappa shape index (κ2) is 6.74. The Labute approximate surface area is 157 Å². The number of aromatic nitrogens is 1. The Morgan fingerprint density at radius 1 is 1.11 bits per heavy atom. The number of rotatable bonds is 3. The Morgan fingerprint density at radius 3 is 2.78 bits per heavy atom. The number of hydrogen-bond donors (Lipinski definition) is 0. The maximum atomic E-state index is 12.6. The van der Waals surface area contributed by atoms with Crippen molar-refractivity contribution in [2.24, 2.45) is 0 Å². The van der Waals surface area contributed by atoms with Crippen LogP contribution in [0.2, 0.25) is 5.02 Å². The standard InChI is InChI=1S/C20H12ClNO5/c1-25-16-6-2-4-11-10-13(20(24)27-18(11)16)19(23)26-15-8-7-14(21)12-5-3-9-22-17(12)15/h2-10H,1H3. The highest BCUT2D eigenvalue weighted by Crippen LogP contribution is 2.30. The molecule has 6 nitrogen and oxygen atoms in total. The lowest BCUT2D eigenvalue weighted by atomic mass is 10.1. The average molecular weight is 382 g/mol. The molecule has 0 bridgehead atoms. The van der Waals surface area contributed by atoms with Crippen LogP contribution in [0.25, 0.3) is 21.9 Å². The lowest BCUT2D eigenvalue weighted by molar-refractivity contribution is 0.0732. The van der Waals surface area contributed by atoms with E-state index in [2.05, 4.69) is 4.98 Å². The molecule has 0 aliphatic heterocycles. The third-order valence-electron chi connectivity index (χ3n) is 4.05. The molecule has 0 radical (unpaired) electrons. The number of nitrogens with zero attached hydrogens (tertiary/aromatic N) is 1. The molecule has 4 rings (SSSR count). The second-order valence-corrected chi connectivity index (χ2v) is 6.07. The van der Waals surface area contributed by atoms with Crippen LogP contribution in [0, 0.1) is 0 Å². The predicted octanol–water partition coefficient (Wildman–Crippen LogP) is 4.22. The molecule has 0 unspecified atom stereocenters. The number of halogens is 1. The highest BCUT2D eigenvalue weighted by Gasteiger charge is 2.19. The van der Waals surface area contributed by atoms with Gasteiger partial charge in [-0.15, -0.1) is 0 Å². The summed E-state index contributed by atoms with van der Waals surface area (Å²) in [5, 5.41) is 1.66. The molecule has 0 N–H and O–H groups in total. The summed E-state index contributed by atoms with van der Waals surface area (Å²) in [5.74, 6) is -0.245. The smallest absolute Gasteiger partial charge is 0.351 e. The van der Waals surface area contributed by atoms with E-state index in [0.29, 0.717) is 27.1 Å². The van der Waals surface area contributed by atoms with Gasteiger partial charge in [-0.2, -0.15) is 0 Å². The van der Waals surface area contributed by atoms with Gasteiger partial charge in [0, 0.05) is 17.0 Å². The number of carbonyl (C=O) groups is 1. The number of hydrogen-bond acceptors (Lipinski definition) is 6. The van der Waals surface area contributed by atoms with Crippen molar-refractivity contribution < 1.29 is 18.7 Å². The van der Waals surface area contributed by atoms with Crippen LogP contribution in [0.15, 0.2) is 63.9 Å². The van der Waals surface area contributed by atoms with Crippen LogP contribution >= 0.6 is 11.6 Å². The fourth-order valence-corrected chi connectivity index (χ4v) is 2.99. The molecule has 4 aromatic rings. The monoisotopic (exact) mass is 381 g/mol. The third kappa shape index (κ3) is 3.00. The fraction of sp³-hybridized carbons (Fsp3) is 0.0500. The summed E-state index contributed by atoms with van der Waals surface area (Å²) < 4.78 is 15.8. The number of pyridine rings is 1. The molecule has 2 heterocycles. The zero-order valence-electron chi connectivity index (χ0n) is 14.1. The van der Waals surface area contributed by atoms with Gasteiger partial charge in [0.2, 0.25) is 0 Å². The Hall–Kier alpha value is -3.38. The highest BCUT2D eigenvalue weighted by molar-refractivity contribution is 6.35. The molecule has 2 aromatic carbocycles. The molecule has 134 valence electrons. The van der Waals surface area contributed by atoms with Crippen LogP contribution in [-0.4, -0.2) is 18.1 Å². The van der Waals surface area contributed by atoms with Crippen molar-refractivity contribution in [2.75, 3.05) is 7.11 Å². The Morgan fingerprint density at radius 2 is 1.96 bits per heavy atom. The largest absolute Gasteiger partial charge is 0.493 e. The minimum absolute atomic E-state index is 0.199. The fourth-order valence-electron chi connectivity index (χ4n) is 2.77. The SMILES string of the molecule is COc1cccc2cc(C(=O)Oc3ccc(Cl)c4cccnc34)c(=O)oc12. The van der Waals surface area contributed by atoms with Crippen molar-refractivity contribution >= 4 is 39.4 Å². The van der Waals surface area contributed by atoms with Crippen molar-refractivity contribution in [3.05, 3.63) is 75.7 Å². The number of benzene rings is 2. The second-order valence-electron chi connectivity index (χ2n) is 5.66. The highest BCUT2D eigenvalue weighted by atomic mass is 35.5. The summed E-state index contributed by atoms with van der Waals surface area (Å²) >= 11 is 6.14. The number of methoxy groups -OCH3 is 1. The van der Waals surface area contributed by atoms with E-state index in [1.54, 1.807) is 42.6 Å². The predicted molar refractivity (Wildman–Crippen MR) is 101 cm³/mol. The van der Waals surface area contributed by atoms with Gasteiger partial charge in [0.1, 0.15) is 11.1 Å². The summed E-state index contributed by atoms with van der Waals surface area (Å²) in [6.07, 6.45) is 1.56. The first-order valence-corrected chi connectivity index (χ1v) is 8.32. The summed E-state index contributed by atoms with van der Waals surface area (Å²) in [7, 11) is 1.47. The number of carbonyl (C=O) groups excluding carboxylic acids is 1. The van der Waals surface area contributed by atoms with Gasteiger partial charge in [-0.05, 0) is 36.4 Å². The maximum absolute atomic E-state index is 12.6. The van der Waals surface area contributed by atoms with E-state index in [0.717, 1.165) is 0 Å². The van der Waals surface area contributed by atoms with Gasteiger partial charge in [0.05, 0.1) is 12.1 Å². The lowest BCUT2D eigenvalue weighted by Gasteiger charge is -2.08. The number of esters is 1. The van der Waals surface area contributed by atoms with Crippen molar-refractivity contribution in [3.8, 4) is 11.5 Å². The molecule has 7 heteroatoms. The van der Waals surface area contributed by atoms with Gasteiger partial charge in [-0.1, -0.05) is 23.7 Å². The molecule has 0 atom stereocenters. The van der Waals surface area contributed by atoms with E-state index >= 15 is 0 Å². The topological polar surface area (TPSA) is 78.6 Å². The molecular formula is C20H12ClNO5. The van der Waals surface area contributed by atoms with Crippen LogP contribution in [0.3, 0.4) is 0 Å². The molecule has 0 spiro atoms. The first kappa shape index (κ1) is 17.1. The van der Waals surface area contributed by atoms with Crippen molar-refractivity contribution in [1.82, 2.24) is 4.98 Å². The third-order valence-corrected chi connectivity index (χ3v) is 4.38. The van der Waals surface area contributed by atoms with Crippen LogP contribution in [0.1, 0.15) is 10.4 Å². The number of fused-ring (bicyclic) bond motifs is 2. The zero-order chi connectivity index (χ0) is 19.0. The summed E-state index contributed by atoms with van der Waals surface area (Å²) in [6, 6.07) is 13.1. The first-order valence-electron chi connectivity index (χ1n) is 7.95. The molecule has 0 saturated carbocycles. The van der Waals surface area contributed by atoms with Crippen LogP contribution in [0.5, 0.6) is 11.5 Å². The Balaban J connectivity index is 1.77. The lowest BCUT2D eigenvalue weighted by Crippen LogP contribution is -2.19. The van der Waals surface area contributed by atoms with Gasteiger partial charge in [0.15, 0.2) is 17.1 Å². The van der Waals surface area contributed by atoms with Crippen LogP contribution in [0.4, 0.5) is 0 Å². The molecule has 0 aliphatic rings. The normalized spacial score (nSPS) is 10.9. The van der Waals surface area contributed by atoms with Gasteiger partial charge in [0.25, 0.3) is 0 Å². The maximum Gasteiger partial charge on any atom is 0.351 e. The van der Waals surface area contributed by atoms with E-state index < -0.39 is 11.6 Å². The minimum Gasteiger partial charge on any atom is -0.493 e. The van der Waals surface area contributed by atoms with E-state index in [1.807, 2.05) is 0 Å². The molecule has 0 aliphatic carbocycles. The summed E-state index contributed by atoms with van der Waals surface area (Å²) in [6.45, 7) is 0. The van der Waals surface area contributed by atoms with E-state index in [1.165, 1.54) is 19.2 Å². The molecule has 0 amide bonds. The van der Waals surface area contributed by atoms with Crippen molar-refractivity contribution in [3.63, 3.8) is 0 Å². The van der Waals surface area contributed by atoms with Crippen molar-refractivity contribution in [1.29, 1.82) is 0 Å². The van der Waals surface area contributed by atoms with Gasteiger partial charge >= 0.3 is 11.6 Å². The van der Waals surface area contributed by atoms with Crippen LogP contribution in [-0.2, 0) is 0 Å². The van der Waals surface area contributed by atoms with E-state index in [-0.39, 0.29) is 16.9 Å². The van der Waals surface area contributed by atoms with Crippen LogP contribution < -0.4 is 15.1 Å². The summed E-state index contributed by atoms with van der Waals surface area (Å²) in [5.41, 5.74) is -0.358. The molecule has 27 heavy (non-hydrogen) atoms. The number of para-hydroxylation sites is 1. The number of ether oxygens (including phenoxy) is 2. The quantitative estimate of drug-likeness (QED) is 0.300. The van der Waals surface area contributed by atoms with Gasteiger partial charge < -0.3 is 13.9 Å². The van der Waals surface area contributed by atoms with E-state index in [4.69, 9.17) is 25.5 Å². The Bertz CT molecular complexity index is 1250. The van der Waals surface area contributed by atoms with Gasteiger partial charge in [-0.3, -0.25) is 4.98 Å². The molecule has 0 fully saturated rings. The minimum atomic E-state index is -0.845. The molecular weight excluding hydrogens is 370 g/mol. The van der Waals surface area contributed by atoms with Crippen molar-refractivity contribution in [2.45, 2.75) is 0 Å². The zero-order valence-corrected chi connectivity index (χ0v) is 14.8. The first-order chi connectivity index (χ1) is 13.1. The molecule has 2 aromatic heterocycles. The van der Waals surface area contributed by atoms with Gasteiger partial charge in [-0.25, -0.2) is 9.59 Å². The Kier molecular flexibility index (Phi) is 4.25. The molecule has 0 saturated heterocycles. The summed E-state index contributed by atoms with van der Waals surface area (Å²) in [4.78, 5) is 29.1. The average Bonchev–Trinajstić information content (AvgIpc) is 2.69. The van der Waals surface area contributed by atoms with E-state index in [9.17, 15) is 9.59 Å².